The lowest BCUT2D eigenvalue weighted by atomic mass is 9.89. The summed E-state index contributed by atoms with van der Waals surface area (Å²) in [5.74, 6) is 0.887. The molecule has 2 aliphatic rings. The van der Waals surface area contributed by atoms with E-state index in [0.717, 1.165) is 38.8 Å². The number of hydrogen-bond acceptors (Lipinski definition) is 3. The van der Waals surface area contributed by atoms with Crippen LogP contribution < -0.4 is 10.8 Å². The highest BCUT2D eigenvalue weighted by Crippen LogP contribution is 2.23. The van der Waals surface area contributed by atoms with Gasteiger partial charge < -0.3 is 5.32 Å². The largest absolute Gasteiger partial charge is 0.317 e. The third-order valence-corrected chi connectivity index (χ3v) is 3.93. The van der Waals surface area contributed by atoms with Gasteiger partial charge in [0.1, 0.15) is 0 Å². The molecule has 0 radical (unpaired) electrons. The third-order valence-electron chi connectivity index (χ3n) is 3.93. The van der Waals surface area contributed by atoms with E-state index < -0.39 is 0 Å². The summed E-state index contributed by atoms with van der Waals surface area (Å²) in [5.41, 5.74) is 2.64. The summed E-state index contributed by atoms with van der Waals surface area (Å²) in [6, 6.07) is 0. The highest BCUT2D eigenvalue weighted by molar-refractivity contribution is 5.77. The lowest BCUT2D eigenvalue weighted by molar-refractivity contribution is -0.140. The maximum Gasteiger partial charge on any atom is 0.246 e. The molecule has 2 N–H and O–H groups in total. The summed E-state index contributed by atoms with van der Waals surface area (Å²) in [6.07, 6.45) is 8.02. The second kappa shape index (κ2) is 6.97. The number of hydrogen-bond donors (Lipinski definition) is 2. The molecule has 0 bridgehead atoms. The molecule has 2 rings (SSSR count). The predicted octanol–water partition coefficient (Wildman–Crippen LogP) is 1.61. The monoisotopic (exact) mass is 240 g/mol. The van der Waals surface area contributed by atoms with Crippen LogP contribution in [0.15, 0.2) is 0 Å². The van der Waals surface area contributed by atoms with Gasteiger partial charge in [0, 0.05) is 5.92 Å². The van der Waals surface area contributed by atoms with Crippen LogP contribution in [-0.4, -0.2) is 25.6 Å². The van der Waals surface area contributed by atoms with E-state index in [9.17, 15) is 4.79 Å². The van der Waals surface area contributed by atoms with Crippen LogP contribution in [0.3, 0.4) is 0 Å². The average molecular weight is 240 g/mol. The van der Waals surface area contributed by atoms with Crippen molar-refractivity contribution in [3.05, 3.63) is 0 Å². The lowest BCUT2D eigenvalue weighted by Gasteiger charge is -2.23. The van der Waals surface area contributed by atoms with E-state index in [1.54, 1.807) is 0 Å². The van der Waals surface area contributed by atoms with E-state index in [1.807, 2.05) is 0 Å². The number of piperidine rings is 1. The molecule has 2 fully saturated rings. The van der Waals surface area contributed by atoms with Crippen LogP contribution in [0.4, 0.5) is 0 Å². The minimum absolute atomic E-state index is 0.0960. The molecule has 0 aromatic heterocycles. The Hall–Kier alpha value is -0.610. The van der Waals surface area contributed by atoms with Crippen LogP contribution in [0.25, 0.3) is 0 Å². The van der Waals surface area contributed by atoms with E-state index in [0.29, 0.717) is 12.5 Å². The van der Waals surface area contributed by atoms with Crippen molar-refractivity contribution in [2.24, 2.45) is 11.8 Å². The van der Waals surface area contributed by atoms with Crippen LogP contribution in [0.5, 0.6) is 0 Å². The lowest BCUT2D eigenvalue weighted by Crippen LogP contribution is -2.35. The van der Waals surface area contributed by atoms with E-state index in [2.05, 4.69) is 10.8 Å². The molecule has 0 atom stereocenters. The molecule has 1 saturated heterocycles. The van der Waals surface area contributed by atoms with Crippen molar-refractivity contribution in [3.8, 4) is 0 Å². The van der Waals surface area contributed by atoms with Gasteiger partial charge in [-0.2, -0.15) is 0 Å². The smallest absolute Gasteiger partial charge is 0.246 e. The molecule has 0 aromatic rings. The molecule has 1 heterocycles. The van der Waals surface area contributed by atoms with Crippen LogP contribution in [0, 0.1) is 11.8 Å². The van der Waals surface area contributed by atoms with Crippen LogP contribution >= 0.6 is 0 Å². The maximum absolute atomic E-state index is 11.8. The van der Waals surface area contributed by atoms with Crippen molar-refractivity contribution in [2.45, 2.75) is 44.9 Å². The maximum atomic E-state index is 11.8. The highest BCUT2D eigenvalue weighted by Gasteiger charge is 2.21. The molecule has 4 heteroatoms. The summed E-state index contributed by atoms with van der Waals surface area (Å²) >= 11 is 0. The fourth-order valence-electron chi connectivity index (χ4n) is 2.73. The number of amides is 1. The fourth-order valence-corrected chi connectivity index (χ4v) is 2.73. The second-order valence-electron chi connectivity index (χ2n) is 5.31. The van der Waals surface area contributed by atoms with E-state index in [4.69, 9.17) is 4.84 Å². The van der Waals surface area contributed by atoms with Crippen molar-refractivity contribution < 1.29 is 9.63 Å². The molecule has 4 nitrogen and oxygen atoms in total. The first-order chi connectivity index (χ1) is 8.36. The van der Waals surface area contributed by atoms with Gasteiger partial charge in [-0.25, -0.2) is 5.48 Å². The van der Waals surface area contributed by atoms with Crippen LogP contribution in [0.2, 0.25) is 0 Å². The number of carbonyl (C=O) groups excluding carboxylic acids is 1. The Balaban J connectivity index is 1.58. The summed E-state index contributed by atoms with van der Waals surface area (Å²) in [6.45, 7) is 2.81. The number of carbonyl (C=O) groups is 1. The van der Waals surface area contributed by atoms with Crippen LogP contribution in [-0.2, 0) is 9.63 Å². The van der Waals surface area contributed by atoms with Crippen LogP contribution in [0.1, 0.15) is 44.9 Å². The minimum atomic E-state index is 0.0960. The zero-order chi connectivity index (χ0) is 11.9. The molecule has 1 saturated carbocycles. The molecule has 0 spiro atoms. The molecule has 1 aliphatic heterocycles. The Morgan fingerprint density at radius 2 is 1.82 bits per heavy atom. The molecular formula is C13H24N2O2. The normalized spacial score (nSPS) is 23.5. The van der Waals surface area contributed by atoms with Gasteiger partial charge in [0.05, 0.1) is 6.61 Å². The predicted molar refractivity (Wildman–Crippen MR) is 66.3 cm³/mol. The molecular weight excluding hydrogens is 216 g/mol. The minimum Gasteiger partial charge on any atom is -0.317 e. The zero-order valence-electron chi connectivity index (χ0n) is 10.5. The highest BCUT2D eigenvalue weighted by atomic mass is 16.7. The summed E-state index contributed by atoms with van der Waals surface area (Å²) in [4.78, 5) is 17.2. The number of rotatable bonds is 4. The second-order valence-corrected chi connectivity index (χ2v) is 5.31. The van der Waals surface area contributed by atoms with Crippen molar-refractivity contribution in [3.63, 3.8) is 0 Å². The van der Waals surface area contributed by atoms with Crippen molar-refractivity contribution in [1.29, 1.82) is 0 Å². The first-order valence-electron chi connectivity index (χ1n) is 6.98. The van der Waals surface area contributed by atoms with Gasteiger partial charge in [-0.05, 0) is 44.7 Å². The van der Waals surface area contributed by atoms with Gasteiger partial charge in [0.2, 0.25) is 5.91 Å². The van der Waals surface area contributed by atoms with Gasteiger partial charge in [0.25, 0.3) is 0 Å². The van der Waals surface area contributed by atoms with E-state index in [1.165, 1.54) is 19.3 Å². The summed E-state index contributed by atoms with van der Waals surface area (Å²) in [7, 11) is 0. The molecule has 0 unspecified atom stereocenters. The van der Waals surface area contributed by atoms with Crippen molar-refractivity contribution in [2.75, 3.05) is 19.7 Å². The third kappa shape index (κ3) is 4.28. The Morgan fingerprint density at radius 1 is 1.12 bits per heavy atom. The Kier molecular flexibility index (Phi) is 5.26. The zero-order valence-corrected chi connectivity index (χ0v) is 10.5. The van der Waals surface area contributed by atoms with Gasteiger partial charge in [-0.1, -0.05) is 19.3 Å². The number of hydroxylamine groups is 1. The Bertz CT molecular complexity index is 234. The SMILES string of the molecule is O=C(NOCC1CCNCC1)C1CCCCC1. The van der Waals surface area contributed by atoms with Crippen molar-refractivity contribution in [1.82, 2.24) is 10.8 Å². The fraction of sp³-hybridized carbons (Fsp3) is 0.923. The molecule has 98 valence electrons. The van der Waals surface area contributed by atoms with Crippen molar-refractivity contribution >= 4 is 5.91 Å². The molecule has 0 aromatic carbocycles. The van der Waals surface area contributed by atoms with Gasteiger partial charge in [0.15, 0.2) is 0 Å². The van der Waals surface area contributed by atoms with E-state index >= 15 is 0 Å². The Labute approximate surface area is 103 Å². The molecule has 1 amide bonds. The molecule has 17 heavy (non-hydrogen) atoms. The standard InChI is InChI=1S/C13H24N2O2/c16-13(12-4-2-1-3-5-12)15-17-10-11-6-8-14-9-7-11/h11-12,14H,1-10H2,(H,15,16). The summed E-state index contributed by atoms with van der Waals surface area (Å²) < 4.78 is 0. The first kappa shape index (κ1) is 12.8. The van der Waals surface area contributed by atoms with Gasteiger partial charge in [-0.15, -0.1) is 0 Å². The quantitative estimate of drug-likeness (QED) is 0.734. The molecule has 1 aliphatic carbocycles. The Morgan fingerprint density at radius 3 is 2.53 bits per heavy atom. The average Bonchev–Trinajstić information content (AvgIpc) is 2.41. The summed E-state index contributed by atoms with van der Waals surface area (Å²) in [5, 5.41) is 3.32. The van der Waals surface area contributed by atoms with Gasteiger partial charge in [-0.3, -0.25) is 9.63 Å². The topological polar surface area (TPSA) is 50.4 Å². The number of nitrogens with one attached hydrogen (secondary N) is 2. The first-order valence-corrected chi connectivity index (χ1v) is 6.98. The van der Waals surface area contributed by atoms with E-state index in [-0.39, 0.29) is 11.8 Å². The van der Waals surface area contributed by atoms with Gasteiger partial charge >= 0.3 is 0 Å².